The molecule has 0 radical (unpaired) electrons. The number of benzene rings is 2. The maximum atomic E-state index is 13.6. The minimum Gasteiger partial charge on any atom is -0.389 e. The van der Waals surface area contributed by atoms with E-state index >= 15 is 0 Å². The highest BCUT2D eigenvalue weighted by Gasteiger charge is 2.08. The van der Waals surface area contributed by atoms with Crippen LogP contribution in [0.2, 0.25) is 5.02 Å². The second-order valence-electron chi connectivity index (χ2n) is 4.98. The van der Waals surface area contributed by atoms with E-state index in [0.29, 0.717) is 18.7 Å². The molecule has 2 N–H and O–H groups in total. The fourth-order valence-electron chi connectivity index (χ4n) is 2.17. The first-order valence-electron chi connectivity index (χ1n) is 6.47. The molecular formula is C16H16ClFN2S. The highest BCUT2D eigenvalue weighted by Crippen LogP contribution is 2.18. The van der Waals surface area contributed by atoms with Gasteiger partial charge in [-0.2, -0.15) is 0 Å². The molecule has 0 atom stereocenters. The molecule has 0 bridgehead atoms. The van der Waals surface area contributed by atoms with Crippen molar-refractivity contribution in [2.45, 2.75) is 13.1 Å². The summed E-state index contributed by atoms with van der Waals surface area (Å²) in [5.74, 6) is -0.332. The Morgan fingerprint density at radius 3 is 2.62 bits per heavy atom. The molecule has 2 aromatic carbocycles. The van der Waals surface area contributed by atoms with Crippen LogP contribution in [-0.4, -0.2) is 16.9 Å². The Morgan fingerprint density at radius 1 is 1.24 bits per heavy atom. The Hall–Kier alpha value is -1.49. The molecule has 21 heavy (non-hydrogen) atoms. The standard InChI is InChI=1S/C16H16ClFN2S/c1-20(10-12-4-2-3-5-15(12)17)9-11-6-13(16(19)21)8-14(18)7-11/h2-8H,9-10H2,1H3,(H2,19,21). The zero-order chi connectivity index (χ0) is 15.4. The predicted octanol–water partition coefficient (Wildman–Crippen LogP) is 3.75. The summed E-state index contributed by atoms with van der Waals surface area (Å²) >= 11 is 11.0. The largest absolute Gasteiger partial charge is 0.389 e. The summed E-state index contributed by atoms with van der Waals surface area (Å²) in [7, 11) is 1.95. The van der Waals surface area contributed by atoms with Crippen LogP contribution in [0.5, 0.6) is 0 Å². The van der Waals surface area contributed by atoms with E-state index in [1.54, 1.807) is 0 Å². The lowest BCUT2D eigenvalue weighted by atomic mass is 10.1. The highest BCUT2D eigenvalue weighted by atomic mass is 35.5. The van der Waals surface area contributed by atoms with Crippen molar-refractivity contribution in [1.82, 2.24) is 4.90 Å². The molecule has 2 nitrogen and oxygen atoms in total. The summed E-state index contributed by atoms with van der Waals surface area (Å²) in [6, 6.07) is 12.3. The van der Waals surface area contributed by atoms with E-state index in [1.807, 2.05) is 37.4 Å². The van der Waals surface area contributed by atoms with Gasteiger partial charge in [0, 0.05) is 23.7 Å². The molecule has 0 fully saturated rings. The Labute approximate surface area is 134 Å². The maximum absolute atomic E-state index is 13.6. The number of nitrogens with two attached hydrogens (primary N) is 1. The molecule has 0 aliphatic heterocycles. The molecule has 2 aromatic rings. The van der Waals surface area contributed by atoms with Crippen LogP contribution < -0.4 is 5.73 Å². The summed E-state index contributed by atoms with van der Waals surface area (Å²) < 4.78 is 13.6. The van der Waals surface area contributed by atoms with Crippen LogP contribution in [0.3, 0.4) is 0 Å². The van der Waals surface area contributed by atoms with Crippen molar-refractivity contribution in [3.8, 4) is 0 Å². The minimum absolute atomic E-state index is 0.199. The molecule has 0 aliphatic rings. The molecule has 0 heterocycles. The average molecular weight is 323 g/mol. The van der Waals surface area contributed by atoms with Crippen molar-refractivity contribution in [3.63, 3.8) is 0 Å². The lowest BCUT2D eigenvalue weighted by Gasteiger charge is -2.18. The van der Waals surface area contributed by atoms with Crippen LogP contribution in [0.25, 0.3) is 0 Å². The van der Waals surface area contributed by atoms with E-state index in [1.165, 1.54) is 12.1 Å². The third-order valence-corrected chi connectivity index (χ3v) is 3.70. The van der Waals surface area contributed by atoms with E-state index < -0.39 is 0 Å². The average Bonchev–Trinajstić information content (AvgIpc) is 2.40. The summed E-state index contributed by atoms with van der Waals surface area (Å²) in [4.78, 5) is 2.25. The maximum Gasteiger partial charge on any atom is 0.124 e. The number of nitrogens with zero attached hydrogens (tertiary/aromatic N) is 1. The Morgan fingerprint density at radius 2 is 1.95 bits per heavy atom. The summed E-state index contributed by atoms with van der Waals surface area (Å²) in [5.41, 5.74) is 7.97. The molecular weight excluding hydrogens is 307 g/mol. The third kappa shape index (κ3) is 4.49. The van der Waals surface area contributed by atoms with Gasteiger partial charge in [-0.1, -0.05) is 42.0 Å². The van der Waals surface area contributed by atoms with Gasteiger partial charge in [0.25, 0.3) is 0 Å². The topological polar surface area (TPSA) is 29.3 Å². The van der Waals surface area contributed by atoms with Gasteiger partial charge in [0.2, 0.25) is 0 Å². The van der Waals surface area contributed by atoms with E-state index in [0.717, 1.165) is 16.1 Å². The van der Waals surface area contributed by atoms with Crippen LogP contribution in [0.15, 0.2) is 42.5 Å². The monoisotopic (exact) mass is 322 g/mol. The van der Waals surface area contributed by atoms with Gasteiger partial charge in [-0.3, -0.25) is 4.90 Å². The van der Waals surface area contributed by atoms with Crippen molar-refractivity contribution in [3.05, 3.63) is 70.0 Å². The van der Waals surface area contributed by atoms with Crippen LogP contribution in [0.4, 0.5) is 4.39 Å². The molecule has 0 aliphatic carbocycles. The predicted molar refractivity (Wildman–Crippen MR) is 88.9 cm³/mol. The van der Waals surface area contributed by atoms with E-state index in [9.17, 15) is 4.39 Å². The van der Waals surface area contributed by atoms with Gasteiger partial charge < -0.3 is 5.73 Å². The van der Waals surface area contributed by atoms with E-state index in [4.69, 9.17) is 29.6 Å². The first kappa shape index (κ1) is 15.9. The minimum atomic E-state index is -0.332. The highest BCUT2D eigenvalue weighted by molar-refractivity contribution is 7.80. The summed E-state index contributed by atoms with van der Waals surface area (Å²) in [6.07, 6.45) is 0. The Bertz CT molecular complexity index is 660. The van der Waals surface area contributed by atoms with Gasteiger partial charge in [0.15, 0.2) is 0 Å². The summed E-state index contributed by atoms with van der Waals surface area (Å²) in [6.45, 7) is 1.26. The molecule has 0 saturated carbocycles. The van der Waals surface area contributed by atoms with Gasteiger partial charge in [-0.25, -0.2) is 4.39 Å². The molecule has 2 rings (SSSR count). The molecule has 0 aromatic heterocycles. The molecule has 0 saturated heterocycles. The number of hydrogen-bond acceptors (Lipinski definition) is 2. The fraction of sp³-hybridized carbons (Fsp3) is 0.188. The fourth-order valence-corrected chi connectivity index (χ4v) is 2.48. The Kier molecular flexibility index (Phi) is 5.28. The van der Waals surface area contributed by atoms with Gasteiger partial charge in [0.1, 0.15) is 10.8 Å². The first-order valence-corrected chi connectivity index (χ1v) is 7.25. The Balaban J connectivity index is 2.11. The van der Waals surface area contributed by atoms with Crippen LogP contribution >= 0.6 is 23.8 Å². The quantitative estimate of drug-likeness (QED) is 0.850. The number of hydrogen-bond donors (Lipinski definition) is 1. The number of thiocarbonyl (C=S) groups is 1. The number of halogens is 2. The van der Waals surface area contributed by atoms with Crippen molar-refractivity contribution in [1.29, 1.82) is 0 Å². The SMILES string of the molecule is CN(Cc1cc(F)cc(C(N)=S)c1)Cc1ccccc1Cl. The molecule has 110 valence electrons. The number of rotatable bonds is 5. The second-order valence-corrected chi connectivity index (χ2v) is 5.82. The van der Waals surface area contributed by atoms with Gasteiger partial charge in [-0.15, -0.1) is 0 Å². The lowest BCUT2D eigenvalue weighted by Crippen LogP contribution is -2.18. The lowest BCUT2D eigenvalue weighted by molar-refractivity contribution is 0.318. The van der Waals surface area contributed by atoms with Crippen molar-refractivity contribution >= 4 is 28.8 Å². The van der Waals surface area contributed by atoms with Crippen LogP contribution in [-0.2, 0) is 13.1 Å². The third-order valence-electron chi connectivity index (χ3n) is 3.09. The first-order chi connectivity index (χ1) is 9.95. The van der Waals surface area contributed by atoms with Crippen LogP contribution in [0.1, 0.15) is 16.7 Å². The van der Waals surface area contributed by atoms with E-state index in [-0.39, 0.29) is 10.8 Å². The molecule has 0 amide bonds. The molecule has 0 spiro atoms. The smallest absolute Gasteiger partial charge is 0.124 e. The van der Waals surface area contributed by atoms with Gasteiger partial charge in [0.05, 0.1) is 0 Å². The molecule has 0 unspecified atom stereocenters. The van der Waals surface area contributed by atoms with E-state index in [2.05, 4.69) is 4.90 Å². The zero-order valence-corrected chi connectivity index (χ0v) is 13.2. The summed E-state index contributed by atoms with van der Waals surface area (Å²) in [5, 5.41) is 0.729. The second kappa shape index (κ2) is 6.98. The normalized spacial score (nSPS) is 10.9. The van der Waals surface area contributed by atoms with Crippen molar-refractivity contribution < 1.29 is 4.39 Å². The van der Waals surface area contributed by atoms with Crippen molar-refractivity contribution in [2.24, 2.45) is 5.73 Å². The molecule has 5 heteroatoms. The van der Waals surface area contributed by atoms with Crippen molar-refractivity contribution in [2.75, 3.05) is 7.05 Å². The van der Waals surface area contributed by atoms with Crippen LogP contribution in [0, 0.1) is 5.82 Å². The van der Waals surface area contributed by atoms with Gasteiger partial charge in [-0.05, 0) is 42.4 Å². The van der Waals surface area contributed by atoms with Gasteiger partial charge >= 0.3 is 0 Å². The zero-order valence-electron chi connectivity index (χ0n) is 11.6.